The predicted molar refractivity (Wildman–Crippen MR) is 71.3 cm³/mol. The summed E-state index contributed by atoms with van der Waals surface area (Å²) in [5.74, 6) is 0.578. The van der Waals surface area contributed by atoms with Crippen LogP contribution in [-0.2, 0) is 0 Å². The molecule has 0 spiro atoms. The van der Waals surface area contributed by atoms with Gasteiger partial charge in [0.1, 0.15) is 15.8 Å². The number of thiazole rings is 1. The number of aromatic nitrogens is 2. The van der Waals surface area contributed by atoms with Crippen molar-refractivity contribution < 1.29 is 0 Å². The van der Waals surface area contributed by atoms with E-state index in [1.54, 1.807) is 11.3 Å². The Balaban J connectivity index is 2.50. The molecule has 0 aliphatic carbocycles. The lowest BCUT2D eigenvalue weighted by molar-refractivity contribution is 0.982. The number of aryl methyl sites for hydroxylation is 1. The van der Waals surface area contributed by atoms with E-state index in [1.165, 1.54) is 11.5 Å². The lowest BCUT2D eigenvalue weighted by Gasteiger charge is -2.14. The minimum Gasteiger partial charge on any atom is -0.382 e. The quantitative estimate of drug-likeness (QED) is 0.914. The van der Waals surface area contributed by atoms with Crippen LogP contribution < -0.4 is 10.6 Å². The lowest BCUT2D eigenvalue weighted by Crippen LogP contribution is -2.15. The normalized spacial score (nSPS) is 10.7. The molecule has 2 aromatic heterocycles. The highest BCUT2D eigenvalue weighted by molar-refractivity contribution is 7.15. The molecule has 86 valence electrons. The van der Waals surface area contributed by atoms with E-state index in [0.717, 1.165) is 27.8 Å². The molecule has 2 rings (SSSR count). The molecule has 2 heterocycles. The molecule has 0 atom stereocenters. The Kier molecular flexibility index (Phi) is 3.11. The zero-order valence-corrected chi connectivity index (χ0v) is 11.2. The molecule has 4 nitrogen and oxygen atoms in total. The Bertz CT molecular complexity index is 489. The van der Waals surface area contributed by atoms with Crippen molar-refractivity contribution in [3.63, 3.8) is 0 Å². The number of nitrogens with zero attached hydrogens (tertiary/aromatic N) is 3. The van der Waals surface area contributed by atoms with Crippen molar-refractivity contribution in [1.82, 2.24) is 9.36 Å². The van der Waals surface area contributed by atoms with Crippen molar-refractivity contribution in [2.45, 2.75) is 13.8 Å². The van der Waals surface area contributed by atoms with Gasteiger partial charge >= 0.3 is 0 Å². The molecule has 0 saturated heterocycles. The van der Waals surface area contributed by atoms with E-state index in [2.05, 4.69) is 21.2 Å². The van der Waals surface area contributed by atoms with Gasteiger partial charge in [0.2, 0.25) is 0 Å². The van der Waals surface area contributed by atoms with E-state index in [-0.39, 0.29) is 0 Å². The van der Waals surface area contributed by atoms with Crippen LogP contribution in [0, 0.1) is 6.92 Å². The van der Waals surface area contributed by atoms with Gasteiger partial charge in [-0.05, 0) is 25.4 Å². The Morgan fingerprint density at radius 3 is 2.81 bits per heavy atom. The third-order valence-electron chi connectivity index (χ3n) is 2.35. The van der Waals surface area contributed by atoms with Crippen LogP contribution in [0.3, 0.4) is 0 Å². The van der Waals surface area contributed by atoms with Crippen molar-refractivity contribution in [3.05, 3.63) is 11.1 Å². The smallest absolute Gasteiger partial charge is 0.149 e. The molecule has 0 aliphatic rings. The second-order valence-electron chi connectivity index (χ2n) is 3.56. The maximum atomic E-state index is 5.91. The SMILES string of the molecule is CCN(C)c1snc(N)c1-c1nc(C)cs1. The van der Waals surface area contributed by atoms with Gasteiger partial charge in [-0.2, -0.15) is 4.37 Å². The van der Waals surface area contributed by atoms with Crippen molar-refractivity contribution in [1.29, 1.82) is 0 Å². The van der Waals surface area contributed by atoms with Gasteiger partial charge in [-0.1, -0.05) is 0 Å². The molecule has 0 fully saturated rings. The standard InChI is InChI=1S/C10H14N4S2/c1-4-14(3)10-7(8(11)13-16-10)9-12-6(2)5-15-9/h5H,4H2,1-3H3,(H2,11,13). The first kappa shape index (κ1) is 11.3. The number of nitrogens with two attached hydrogens (primary N) is 1. The Morgan fingerprint density at radius 1 is 1.50 bits per heavy atom. The third kappa shape index (κ3) is 1.90. The van der Waals surface area contributed by atoms with Crippen LogP contribution in [0.4, 0.5) is 10.8 Å². The number of hydrogen-bond acceptors (Lipinski definition) is 6. The molecule has 0 amide bonds. The van der Waals surface area contributed by atoms with Crippen LogP contribution in [0.1, 0.15) is 12.6 Å². The number of hydrogen-bond donors (Lipinski definition) is 1. The molecule has 0 aromatic carbocycles. The summed E-state index contributed by atoms with van der Waals surface area (Å²) in [5.41, 5.74) is 7.92. The predicted octanol–water partition coefficient (Wildman–Crippen LogP) is 2.61. The third-order valence-corrected chi connectivity index (χ3v) is 4.31. The van der Waals surface area contributed by atoms with Gasteiger partial charge in [0.05, 0.1) is 5.56 Å². The summed E-state index contributed by atoms with van der Waals surface area (Å²) in [4.78, 5) is 6.61. The van der Waals surface area contributed by atoms with E-state index in [4.69, 9.17) is 5.73 Å². The molecule has 16 heavy (non-hydrogen) atoms. The van der Waals surface area contributed by atoms with Crippen LogP contribution in [-0.4, -0.2) is 22.9 Å². The topological polar surface area (TPSA) is 55.0 Å². The molecule has 0 aliphatic heterocycles. The summed E-state index contributed by atoms with van der Waals surface area (Å²) >= 11 is 3.04. The monoisotopic (exact) mass is 254 g/mol. The molecule has 2 N–H and O–H groups in total. The maximum absolute atomic E-state index is 5.91. The fourth-order valence-electron chi connectivity index (χ4n) is 1.37. The van der Waals surface area contributed by atoms with Crippen molar-refractivity contribution >= 4 is 33.7 Å². The molecular formula is C10H14N4S2. The van der Waals surface area contributed by atoms with Crippen LogP contribution in [0.2, 0.25) is 0 Å². The Labute approximate surface area is 103 Å². The van der Waals surface area contributed by atoms with Crippen molar-refractivity contribution in [2.24, 2.45) is 0 Å². The Hall–Kier alpha value is -1.14. The zero-order valence-electron chi connectivity index (χ0n) is 9.52. The summed E-state index contributed by atoms with van der Waals surface area (Å²) in [5, 5.41) is 4.08. The van der Waals surface area contributed by atoms with Crippen molar-refractivity contribution in [2.75, 3.05) is 24.2 Å². The summed E-state index contributed by atoms with van der Waals surface area (Å²) in [6, 6.07) is 0. The fourth-order valence-corrected chi connectivity index (χ4v) is 3.12. The van der Waals surface area contributed by atoms with E-state index in [0.29, 0.717) is 5.82 Å². The number of anilines is 2. The van der Waals surface area contributed by atoms with E-state index < -0.39 is 0 Å². The van der Waals surface area contributed by atoms with Crippen molar-refractivity contribution in [3.8, 4) is 10.6 Å². The number of nitrogen functional groups attached to an aromatic ring is 1. The summed E-state index contributed by atoms with van der Waals surface area (Å²) in [6.07, 6.45) is 0. The molecule has 0 saturated carbocycles. The molecule has 0 radical (unpaired) electrons. The first-order valence-electron chi connectivity index (χ1n) is 5.02. The van der Waals surface area contributed by atoms with Crippen LogP contribution in [0.5, 0.6) is 0 Å². The van der Waals surface area contributed by atoms with Gasteiger partial charge in [-0.3, -0.25) is 0 Å². The summed E-state index contributed by atoms with van der Waals surface area (Å²) in [7, 11) is 2.04. The van der Waals surface area contributed by atoms with Gasteiger partial charge in [-0.15, -0.1) is 11.3 Å². The first-order chi connectivity index (χ1) is 7.63. The second kappa shape index (κ2) is 4.39. The molecule has 0 bridgehead atoms. The van der Waals surface area contributed by atoms with E-state index in [9.17, 15) is 0 Å². The largest absolute Gasteiger partial charge is 0.382 e. The summed E-state index contributed by atoms with van der Waals surface area (Å²) < 4.78 is 4.22. The first-order valence-corrected chi connectivity index (χ1v) is 6.67. The fraction of sp³-hybridized carbons (Fsp3) is 0.400. The average Bonchev–Trinajstić information content (AvgIpc) is 2.83. The average molecular weight is 254 g/mol. The zero-order chi connectivity index (χ0) is 11.7. The molecular weight excluding hydrogens is 240 g/mol. The van der Waals surface area contributed by atoms with Crippen LogP contribution in [0.15, 0.2) is 5.38 Å². The molecule has 2 aromatic rings. The van der Waals surface area contributed by atoms with Gasteiger partial charge in [-0.25, -0.2) is 4.98 Å². The van der Waals surface area contributed by atoms with Crippen LogP contribution >= 0.6 is 22.9 Å². The minimum atomic E-state index is 0.578. The molecule has 0 unspecified atom stereocenters. The van der Waals surface area contributed by atoms with Gasteiger partial charge in [0.15, 0.2) is 0 Å². The van der Waals surface area contributed by atoms with Gasteiger partial charge < -0.3 is 10.6 Å². The van der Waals surface area contributed by atoms with E-state index >= 15 is 0 Å². The summed E-state index contributed by atoms with van der Waals surface area (Å²) in [6.45, 7) is 5.02. The highest BCUT2D eigenvalue weighted by Crippen LogP contribution is 2.39. The van der Waals surface area contributed by atoms with E-state index in [1.807, 2.05) is 19.4 Å². The van der Waals surface area contributed by atoms with Gasteiger partial charge in [0.25, 0.3) is 0 Å². The maximum Gasteiger partial charge on any atom is 0.149 e. The molecule has 6 heteroatoms. The highest BCUT2D eigenvalue weighted by Gasteiger charge is 2.18. The minimum absolute atomic E-state index is 0.578. The number of rotatable bonds is 3. The Morgan fingerprint density at radius 2 is 2.25 bits per heavy atom. The van der Waals surface area contributed by atoms with Gasteiger partial charge in [0, 0.05) is 24.7 Å². The lowest BCUT2D eigenvalue weighted by atomic mass is 10.3. The second-order valence-corrected chi connectivity index (χ2v) is 5.17. The highest BCUT2D eigenvalue weighted by atomic mass is 32.1. The van der Waals surface area contributed by atoms with Crippen LogP contribution in [0.25, 0.3) is 10.6 Å².